The van der Waals surface area contributed by atoms with E-state index in [1.807, 2.05) is 11.0 Å². The zero-order chi connectivity index (χ0) is 20.0. The predicted molar refractivity (Wildman–Crippen MR) is 106 cm³/mol. The quantitative estimate of drug-likeness (QED) is 0.855. The number of carbonyl (C=O) groups is 1. The Morgan fingerprint density at radius 3 is 2.86 bits per heavy atom. The van der Waals surface area contributed by atoms with E-state index < -0.39 is 0 Å². The van der Waals surface area contributed by atoms with E-state index in [1.54, 1.807) is 13.1 Å². The minimum atomic E-state index is -0.0341. The van der Waals surface area contributed by atoms with Gasteiger partial charge in [0.05, 0.1) is 23.0 Å². The summed E-state index contributed by atoms with van der Waals surface area (Å²) in [5.74, 6) is 1.02. The van der Waals surface area contributed by atoms with E-state index in [-0.39, 0.29) is 30.5 Å². The van der Waals surface area contributed by atoms with Crippen molar-refractivity contribution in [3.05, 3.63) is 29.4 Å². The normalized spacial score (nSPS) is 24.4. The van der Waals surface area contributed by atoms with Crippen LogP contribution in [0.4, 0.5) is 5.69 Å². The van der Waals surface area contributed by atoms with Crippen LogP contribution in [-0.2, 0) is 11.2 Å². The lowest BCUT2D eigenvalue weighted by Gasteiger charge is -2.39. The second kappa shape index (κ2) is 6.99. The summed E-state index contributed by atoms with van der Waals surface area (Å²) in [6.07, 6.45) is 10.5. The smallest absolute Gasteiger partial charge is 0.261 e. The number of anilines is 1. The number of aromatic nitrogens is 3. The lowest BCUT2D eigenvalue weighted by molar-refractivity contribution is -0.134. The SMILES string of the molecule is Cc1noc(-c2cnc3c(c2NC2C[C@H]4CC[C@@H](C2)N4C(=O)CC#N)C=CC3)n1. The first-order valence-electron chi connectivity index (χ1n) is 10.1. The molecule has 0 spiro atoms. The van der Waals surface area contributed by atoms with Crippen LogP contribution in [0.3, 0.4) is 0 Å². The number of nitriles is 1. The average molecular weight is 390 g/mol. The maximum atomic E-state index is 12.4. The molecule has 2 bridgehead atoms. The molecule has 2 aliphatic heterocycles. The maximum Gasteiger partial charge on any atom is 0.261 e. The number of hydrogen-bond acceptors (Lipinski definition) is 7. The Bertz CT molecular complexity index is 1020. The molecule has 0 saturated carbocycles. The monoisotopic (exact) mass is 390 g/mol. The van der Waals surface area contributed by atoms with Crippen molar-refractivity contribution >= 4 is 17.7 Å². The number of allylic oxidation sites excluding steroid dienone is 1. The molecule has 29 heavy (non-hydrogen) atoms. The van der Waals surface area contributed by atoms with E-state index >= 15 is 0 Å². The Kier molecular flexibility index (Phi) is 4.31. The van der Waals surface area contributed by atoms with Gasteiger partial charge in [-0.25, -0.2) is 0 Å². The molecule has 1 N–H and O–H groups in total. The molecule has 2 aromatic heterocycles. The molecule has 0 radical (unpaired) electrons. The summed E-state index contributed by atoms with van der Waals surface area (Å²) >= 11 is 0. The van der Waals surface area contributed by atoms with Crippen LogP contribution in [0.2, 0.25) is 0 Å². The van der Waals surface area contributed by atoms with Crippen LogP contribution in [0.25, 0.3) is 17.5 Å². The maximum absolute atomic E-state index is 12.4. The molecule has 8 nitrogen and oxygen atoms in total. The molecular weight excluding hydrogens is 368 g/mol. The predicted octanol–water partition coefficient (Wildman–Crippen LogP) is 2.86. The van der Waals surface area contributed by atoms with E-state index in [4.69, 9.17) is 9.78 Å². The fourth-order valence-corrected chi connectivity index (χ4v) is 4.99. The third-order valence-electron chi connectivity index (χ3n) is 6.15. The van der Waals surface area contributed by atoms with Crippen LogP contribution < -0.4 is 5.32 Å². The van der Waals surface area contributed by atoms with E-state index in [2.05, 4.69) is 32.6 Å². The summed E-state index contributed by atoms with van der Waals surface area (Å²) in [6.45, 7) is 1.80. The van der Waals surface area contributed by atoms with Crippen LogP contribution in [0.15, 0.2) is 16.8 Å². The van der Waals surface area contributed by atoms with Crippen molar-refractivity contribution in [3.63, 3.8) is 0 Å². The fourth-order valence-electron chi connectivity index (χ4n) is 4.99. The number of fused-ring (bicyclic) bond motifs is 3. The summed E-state index contributed by atoms with van der Waals surface area (Å²) < 4.78 is 5.42. The average Bonchev–Trinajstić information content (AvgIpc) is 3.40. The molecule has 2 saturated heterocycles. The number of piperidine rings is 1. The highest BCUT2D eigenvalue weighted by Gasteiger charge is 2.43. The number of aryl methyl sites for hydroxylation is 1. The third kappa shape index (κ3) is 3.07. The Morgan fingerprint density at radius 1 is 1.38 bits per heavy atom. The van der Waals surface area contributed by atoms with Gasteiger partial charge in [-0.3, -0.25) is 9.78 Å². The first kappa shape index (κ1) is 17.9. The molecule has 1 aliphatic carbocycles. The molecule has 2 fully saturated rings. The summed E-state index contributed by atoms with van der Waals surface area (Å²) in [7, 11) is 0. The van der Waals surface area contributed by atoms with E-state index in [0.717, 1.165) is 54.6 Å². The van der Waals surface area contributed by atoms with Gasteiger partial charge in [0.2, 0.25) is 5.91 Å². The van der Waals surface area contributed by atoms with Gasteiger partial charge >= 0.3 is 0 Å². The number of hydrogen-bond donors (Lipinski definition) is 1. The topological polar surface area (TPSA) is 108 Å². The van der Waals surface area contributed by atoms with Gasteiger partial charge in [0.25, 0.3) is 5.89 Å². The zero-order valence-electron chi connectivity index (χ0n) is 16.3. The molecule has 8 heteroatoms. The minimum Gasteiger partial charge on any atom is -0.381 e. The highest BCUT2D eigenvalue weighted by Crippen LogP contribution is 2.40. The molecule has 0 aromatic carbocycles. The van der Waals surface area contributed by atoms with Crippen molar-refractivity contribution in [1.82, 2.24) is 20.0 Å². The molecule has 4 heterocycles. The Balaban J connectivity index is 1.43. The minimum absolute atomic E-state index is 0.0333. The molecule has 1 unspecified atom stereocenters. The molecule has 148 valence electrons. The number of rotatable bonds is 4. The Labute approximate surface area is 168 Å². The first-order valence-corrected chi connectivity index (χ1v) is 10.1. The number of amides is 1. The van der Waals surface area contributed by atoms with Gasteiger partial charge in [-0.2, -0.15) is 10.2 Å². The highest BCUT2D eigenvalue weighted by atomic mass is 16.5. The number of pyridine rings is 1. The second-order valence-corrected chi connectivity index (χ2v) is 7.99. The zero-order valence-corrected chi connectivity index (χ0v) is 16.3. The van der Waals surface area contributed by atoms with E-state index in [0.29, 0.717) is 11.7 Å². The highest BCUT2D eigenvalue weighted by molar-refractivity contribution is 5.84. The second-order valence-electron chi connectivity index (χ2n) is 7.99. The van der Waals surface area contributed by atoms with E-state index in [1.165, 1.54) is 0 Å². The fraction of sp³-hybridized carbons (Fsp3) is 0.476. The summed E-state index contributed by atoms with van der Waals surface area (Å²) in [4.78, 5) is 23.3. The van der Waals surface area contributed by atoms with Gasteiger partial charge in [-0.1, -0.05) is 17.3 Å². The number of nitrogens with zero attached hydrogens (tertiary/aromatic N) is 5. The molecular formula is C21H22N6O2. The van der Waals surface area contributed by atoms with Gasteiger partial charge in [0, 0.05) is 36.3 Å². The van der Waals surface area contributed by atoms with Gasteiger partial charge in [0.1, 0.15) is 6.42 Å². The van der Waals surface area contributed by atoms with Crippen molar-refractivity contribution in [2.24, 2.45) is 0 Å². The number of carbonyl (C=O) groups excluding carboxylic acids is 1. The lowest BCUT2D eigenvalue weighted by atomic mass is 9.95. The van der Waals surface area contributed by atoms with Crippen LogP contribution in [0.5, 0.6) is 0 Å². The summed E-state index contributed by atoms with van der Waals surface area (Å²) in [5, 5.41) is 16.5. The molecule has 3 aliphatic rings. The van der Waals surface area contributed by atoms with Crippen LogP contribution >= 0.6 is 0 Å². The van der Waals surface area contributed by atoms with Crippen molar-refractivity contribution in [3.8, 4) is 17.5 Å². The van der Waals surface area contributed by atoms with E-state index in [9.17, 15) is 4.79 Å². The lowest BCUT2D eigenvalue weighted by Crippen LogP contribution is -2.49. The molecule has 5 rings (SSSR count). The first-order chi connectivity index (χ1) is 14.1. The van der Waals surface area contributed by atoms with Crippen LogP contribution in [-0.4, -0.2) is 44.1 Å². The van der Waals surface area contributed by atoms with Crippen molar-refractivity contribution < 1.29 is 9.32 Å². The summed E-state index contributed by atoms with van der Waals surface area (Å²) in [5.41, 5.74) is 3.91. The number of nitrogens with one attached hydrogen (secondary N) is 1. The van der Waals surface area contributed by atoms with Gasteiger partial charge in [-0.05, 0) is 32.6 Å². The Hall–Kier alpha value is -3.21. The molecule has 2 aromatic rings. The third-order valence-corrected chi connectivity index (χ3v) is 6.15. The van der Waals surface area contributed by atoms with Crippen LogP contribution in [0, 0.1) is 18.3 Å². The Morgan fingerprint density at radius 2 is 2.17 bits per heavy atom. The van der Waals surface area contributed by atoms with Crippen molar-refractivity contribution in [2.45, 2.75) is 63.6 Å². The summed E-state index contributed by atoms with van der Waals surface area (Å²) in [6, 6.07) is 2.63. The van der Waals surface area contributed by atoms with Crippen molar-refractivity contribution in [1.29, 1.82) is 5.26 Å². The molecule has 1 amide bonds. The molecule has 3 atom stereocenters. The van der Waals surface area contributed by atoms with Gasteiger partial charge in [-0.15, -0.1) is 0 Å². The van der Waals surface area contributed by atoms with Gasteiger partial charge in [0.15, 0.2) is 5.82 Å². The van der Waals surface area contributed by atoms with Gasteiger partial charge < -0.3 is 14.7 Å². The van der Waals surface area contributed by atoms with Crippen LogP contribution in [0.1, 0.15) is 49.2 Å². The van der Waals surface area contributed by atoms with Crippen molar-refractivity contribution in [2.75, 3.05) is 5.32 Å². The largest absolute Gasteiger partial charge is 0.381 e. The standard InChI is InChI=1S/C21H22N6O2/c1-12-24-21(29-26-12)17-11-23-18-4-2-3-16(18)20(17)25-13-9-14-5-6-15(10-13)27(14)19(28)7-8-22/h2-3,11,13-15H,4-7,9-10H2,1H3,(H,23,25)/t13?,14-,15+.